The summed E-state index contributed by atoms with van der Waals surface area (Å²) in [5.74, 6) is -0.120. The summed E-state index contributed by atoms with van der Waals surface area (Å²) < 4.78 is 5.31. The number of carbonyl (C=O) groups excluding carboxylic acids is 1. The van der Waals surface area contributed by atoms with Gasteiger partial charge < -0.3 is 15.8 Å². The van der Waals surface area contributed by atoms with E-state index in [1.807, 2.05) is 37.3 Å². The molecule has 1 heterocycles. The Morgan fingerprint density at radius 2 is 1.94 bits per heavy atom. The van der Waals surface area contributed by atoms with E-state index in [4.69, 9.17) is 10.5 Å². The molecule has 4 nitrogen and oxygen atoms in total. The zero-order valence-electron chi connectivity index (χ0n) is 10.7. The number of benzene rings is 1. The molecule has 4 heteroatoms. The van der Waals surface area contributed by atoms with Crippen LogP contribution in [0.3, 0.4) is 0 Å². The Balaban J connectivity index is 1.99. The van der Waals surface area contributed by atoms with Gasteiger partial charge in [0.15, 0.2) is 0 Å². The third-order valence-electron chi connectivity index (χ3n) is 3.46. The Kier molecular flexibility index (Phi) is 3.99. The van der Waals surface area contributed by atoms with Gasteiger partial charge in [-0.2, -0.15) is 0 Å². The van der Waals surface area contributed by atoms with Crippen LogP contribution >= 0.6 is 0 Å². The number of rotatable bonds is 3. The summed E-state index contributed by atoms with van der Waals surface area (Å²) >= 11 is 0. The third kappa shape index (κ3) is 3.09. The molecule has 1 atom stereocenters. The van der Waals surface area contributed by atoms with Crippen LogP contribution in [0.4, 0.5) is 0 Å². The normalized spacial score (nSPS) is 20.1. The monoisotopic (exact) mass is 248 g/mol. The van der Waals surface area contributed by atoms with Gasteiger partial charge in [-0.1, -0.05) is 30.3 Å². The van der Waals surface area contributed by atoms with Crippen molar-refractivity contribution in [3.8, 4) is 0 Å². The van der Waals surface area contributed by atoms with Gasteiger partial charge in [0, 0.05) is 18.8 Å². The minimum absolute atomic E-state index is 0.120. The molecule has 1 aromatic carbocycles. The quantitative estimate of drug-likeness (QED) is 0.849. The summed E-state index contributed by atoms with van der Waals surface area (Å²) in [5, 5.41) is 3.05. The zero-order valence-corrected chi connectivity index (χ0v) is 10.7. The van der Waals surface area contributed by atoms with E-state index in [0.717, 1.165) is 18.4 Å². The Morgan fingerprint density at radius 3 is 2.56 bits per heavy atom. The lowest BCUT2D eigenvalue weighted by molar-refractivity contribution is -0.125. The standard InChI is InChI=1S/C14H20N2O2/c1-14(7-9-18-10-8-14)16-13(17)12(15)11-5-3-2-4-6-11/h2-6,12H,7-10,15H2,1H3,(H,16,17)/t12-/m1/s1. The van der Waals surface area contributed by atoms with Crippen LogP contribution in [-0.2, 0) is 9.53 Å². The van der Waals surface area contributed by atoms with E-state index in [1.54, 1.807) is 0 Å². The van der Waals surface area contributed by atoms with Gasteiger partial charge in [-0.25, -0.2) is 0 Å². The number of hydrogen-bond acceptors (Lipinski definition) is 3. The second kappa shape index (κ2) is 5.50. The second-order valence-electron chi connectivity index (χ2n) is 5.05. The molecule has 1 fully saturated rings. The van der Waals surface area contributed by atoms with Crippen molar-refractivity contribution in [3.05, 3.63) is 35.9 Å². The highest BCUT2D eigenvalue weighted by Crippen LogP contribution is 2.21. The molecule has 0 bridgehead atoms. The SMILES string of the molecule is CC1(NC(=O)[C@H](N)c2ccccc2)CCOCC1. The molecule has 0 unspecified atom stereocenters. The van der Waals surface area contributed by atoms with Gasteiger partial charge in [-0.3, -0.25) is 4.79 Å². The van der Waals surface area contributed by atoms with Crippen molar-refractivity contribution in [1.82, 2.24) is 5.32 Å². The van der Waals surface area contributed by atoms with Crippen LogP contribution in [0.5, 0.6) is 0 Å². The summed E-state index contributed by atoms with van der Waals surface area (Å²) in [6, 6.07) is 8.82. The molecule has 0 saturated carbocycles. The van der Waals surface area contributed by atoms with Crippen molar-refractivity contribution in [2.45, 2.75) is 31.3 Å². The molecular formula is C14H20N2O2. The molecule has 1 amide bonds. The smallest absolute Gasteiger partial charge is 0.241 e. The fraction of sp³-hybridized carbons (Fsp3) is 0.500. The topological polar surface area (TPSA) is 64.4 Å². The van der Waals surface area contributed by atoms with Gasteiger partial charge in [-0.15, -0.1) is 0 Å². The maximum atomic E-state index is 12.1. The van der Waals surface area contributed by atoms with Crippen molar-refractivity contribution in [3.63, 3.8) is 0 Å². The third-order valence-corrected chi connectivity index (χ3v) is 3.46. The van der Waals surface area contributed by atoms with Gasteiger partial charge in [0.25, 0.3) is 0 Å². The minimum Gasteiger partial charge on any atom is -0.381 e. The van der Waals surface area contributed by atoms with E-state index < -0.39 is 6.04 Å². The molecular weight excluding hydrogens is 228 g/mol. The average Bonchev–Trinajstić information content (AvgIpc) is 2.39. The molecule has 1 aromatic rings. The van der Waals surface area contributed by atoms with Gasteiger partial charge >= 0.3 is 0 Å². The highest BCUT2D eigenvalue weighted by atomic mass is 16.5. The summed E-state index contributed by atoms with van der Waals surface area (Å²) in [4.78, 5) is 12.1. The number of amides is 1. The molecule has 1 saturated heterocycles. The van der Waals surface area contributed by atoms with E-state index in [-0.39, 0.29) is 11.4 Å². The van der Waals surface area contributed by atoms with Crippen molar-refractivity contribution in [2.24, 2.45) is 5.73 Å². The lowest BCUT2D eigenvalue weighted by Crippen LogP contribution is -2.52. The highest BCUT2D eigenvalue weighted by Gasteiger charge is 2.30. The first kappa shape index (κ1) is 13.1. The molecule has 3 N–H and O–H groups in total. The van der Waals surface area contributed by atoms with Crippen molar-refractivity contribution < 1.29 is 9.53 Å². The average molecular weight is 248 g/mol. The summed E-state index contributed by atoms with van der Waals surface area (Å²) in [6.45, 7) is 3.43. The largest absolute Gasteiger partial charge is 0.381 e. The van der Waals surface area contributed by atoms with Crippen LogP contribution in [0.1, 0.15) is 31.4 Å². The van der Waals surface area contributed by atoms with Crippen LogP contribution in [0.2, 0.25) is 0 Å². The first-order valence-corrected chi connectivity index (χ1v) is 6.31. The van der Waals surface area contributed by atoms with E-state index in [9.17, 15) is 4.79 Å². The predicted octanol–water partition coefficient (Wildman–Crippen LogP) is 1.37. The Labute approximate surface area is 108 Å². The number of nitrogens with two attached hydrogens (primary N) is 1. The van der Waals surface area contributed by atoms with Gasteiger partial charge in [-0.05, 0) is 25.3 Å². The number of nitrogens with one attached hydrogen (secondary N) is 1. The minimum atomic E-state index is -0.606. The summed E-state index contributed by atoms with van der Waals surface area (Å²) in [5.41, 5.74) is 6.62. The first-order valence-electron chi connectivity index (χ1n) is 6.31. The van der Waals surface area contributed by atoms with Crippen LogP contribution in [0, 0.1) is 0 Å². The van der Waals surface area contributed by atoms with Gasteiger partial charge in [0.2, 0.25) is 5.91 Å². The molecule has 98 valence electrons. The Bertz CT molecular complexity index is 400. The second-order valence-corrected chi connectivity index (χ2v) is 5.05. The molecule has 2 rings (SSSR count). The van der Waals surface area contributed by atoms with Crippen LogP contribution < -0.4 is 11.1 Å². The van der Waals surface area contributed by atoms with Crippen LogP contribution in [0.15, 0.2) is 30.3 Å². The van der Waals surface area contributed by atoms with Crippen molar-refractivity contribution in [2.75, 3.05) is 13.2 Å². The van der Waals surface area contributed by atoms with Gasteiger partial charge in [0.05, 0.1) is 0 Å². The fourth-order valence-electron chi connectivity index (χ4n) is 2.13. The molecule has 18 heavy (non-hydrogen) atoms. The van der Waals surface area contributed by atoms with E-state index in [1.165, 1.54) is 0 Å². The fourth-order valence-corrected chi connectivity index (χ4v) is 2.13. The van der Waals surface area contributed by atoms with E-state index in [2.05, 4.69) is 5.32 Å². The lowest BCUT2D eigenvalue weighted by atomic mass is 9.91. The van der Waals surface area contributed by atoms with Crippen LogP contribution in [-0.4, -0.2) is 24.7 Å². The van der Waals surface area contributed by atoms with Crippen molar-refractivity contribution >= 4 is 5.91 Å². The molecule has 0 radical (unpaired) electrons. The molecule has 1 aliphatic heterocycles. The lowest BCUT2D eigenvalue weighted by Gasteiger charge is -2.35. The Hall–Kier alpha value is -1.39. The van der Waals surface area contributed by atoms with Crippen LogP contribution in [0.25, 0.3) is 0 Å². The summed E-state index contributed by atoms with van der Waals surface area (Å²) in [7, 11) is 0. The molecule has 0 aromatic heterocycles. The zero-order chi connectivity index (χ0) is 13.0. The van der Waals surface area contributed by atoms with E-state index >= 15 is 0 Å². The predicted molar refractivity (Wildman–Crippen MR) is 70.0 cm³/mol. The van der Waals surface area contributed by atoms with E-state index in [0.29, 0.717) is 13.2 Å². The molecule has 0 spiro atoms. The first-order chi connectivity index (χ1) is 8.61. The maximum absolute atomic E-state index is 12.1. The molecule has 0 aliphatic carbocycles. The van der Waals surface area contributed by atoms with Gasteiger partial charge in [0.1, 0.15) is 6.04 Å². The molecule has 1 aliphatic rings. The Morgan fingerprint density at radius 1 is 1.33 bits per heavy atom. The number of hydrogen-bond donors (Lipinski definition) is 2. The van der Waals surface area contributed by atoms with Crippen molar-refractivity contribution in [1.29, 1.82) is 0 Å². The maximum Gasteiger partial charge on any atom is 0.241 e. The summed E-state index contributed by atoms with van der Waals surface area (Å²) in [6.07, 6.45) is 1.67. The number of carbonyl (C=O) groups is 1. The highest BCUT2D eigenvalue weighted by molar-refractivity contribution is 5.83. The number of ether oxygens (including phenoxy) is 1.